The Balaban J connectivity index is 1.24. The Kier molecular flexibility index (Phi) is 8.02. The number of nitrogens with zero attached hydrogens (tertiary/aromatic N) is 6. The van der Waals surface area contributed by atoms with E-state index in [-0.39, 0.29) is 11.6 Å². The number of aryl methyl sites for hydroxylation is 1. The molecule has 3 aromatic rings. The van der Waals surface area contributed by atoms with Crippen LogP contribution in [0, 0.1) is 6.92 Å². The van der Waals surface area contributed by atoms with E-state index in [0.29, 0.717) is 24.3 Å². The predicted molar refractivity (Wildman–Crippen MR) is 149 cm³/mol. The minimum atomic E-state index is -4.48. The molecule has 3 heterocycles. The Morgan fingerprint density at radius 1 is 1.05 bits per heavy atom. The molecule has 214 valence electrons. The number of carbonyl (C=O) groups is 1. The molecule has 2 bridgehead atoms. The third-order valence-corrected chi connectivity index (χ3v) is 7.79. The average Bonchev–Trinajstić information content (AvgIpc) is 3.41. The number of hydrogen-bond donors (Lipinski definition) is 1. The van der Waals surface area contributed by atoms with Crippen LogP contribution in [0.5, 0.6) is 0 Å². The summed E-state index contributed by atoms with van der Waals surface area (Å²) in [6.07, 6.45) is -1.50. The maximum absolute atomic E-state index is 13.3. The minimum absolute atomic E-state index is 0.111. The van der Waals surface area contributed by atoms with E-state index in [4.69, 9.17) is 0 Å². The molecule has 5 rings (SSSR count). The van der Waals surface area contributed by atoms with Crippen molar-refractivity contribution in [2.75, 3.05) is 41.4 Å². The van der Waals surface area contributed by atoms with Gasteiger partial charge in [0.05, 0.1) is 18.7 Å². The Hall–Kier alpha value is -3.60. The fourth-order valence-corrected chi connectivity index (χ4v) is 5.91. The Bertz CT molecular complexity index is 1300. The zero-order valence-corrected chi connectivity index (χ0v) is 23.1. The number of rotatable bonds is 8. The van der Waals surface area contributed by atoms with E-state index >= 15 is 0 Å². The van der Waals surface area contributed by atoms with E-state index < -0.39 is 17.8 Å². The van der Waals surface area contributed by atoms with Crippen molar-refractivity contribution in [1.82, 2.24) is 19.8 Å². The standard InChI is InChI=1S/C29H36F3N7O/c1-20(2)27-35-34-21(3)39(27)36-18-25-13-14-26(19-36)37(25)15-8-16-38(24-11-5-4-6-12-24)28(40)33-23-10-7-9-22(17-23)29(30,31)32/h4-7,9-12,17,20,25-26H,8,13-16,18-19H2,1-3H3,(H,33,40)/t25-,26+. The van der Waals surface area contributed by atoms with Crippen molar-refractivity contribution in [3.05, 3.63) is 71.8 Å². The highest BCUT2D eigenvalue weighted by Crippen LogP contribution is 2.32. The zero-order valence-electron chi connectivity index (χ0n) is 23.1. The van der Waals surface area contributed by atoms with Gasteiger partial charge in [0.2, 0.25) is 0 Å². The van der Waals surface area contributed by atoms with Crippen molar-refractivity contribution in [3.63, 3.8) is 0 Å². The van der Waals surface area contributed by atoms with Gasteiger partial charge in [0.25, 0.3) is 0 Å². The summed E-state index contributed by atoms with van der Waals surface area (Å²) in [5.41, 5.74) is 0.0115. The van der Waals surface area contributed by atoms with Gasteiger partial charge in [-0.05, 0) is 56.5 Å². The number of anilines is 2. The summed E-state index contributed by atoms with van der Waals surface area (Å²) in [5.74, 6) is 2.17. The Morgan fingerprint density at radius 2 is 1.75 bits per heavy atom. The zero-order chi connectivity index (χ0) is 28.4. The number of piperazine rings is 1. The number of fused-ring (bicyclic) bond motifs is 2. The maximum Gasteiger partial charge on any atom is 0.416 e. The molecule has 2 aromatic carbocycles. The van der Waals surface area contributed by atoms with Gasteiger partial charge in [-0.3, -0.25) is 9.80 Å². The summed E-state index contributed by atoms with van der Waals surface area (Å²) < 4.78 is 41.7. The molecule has 2 amide bonds. The van der Waals surface area contributed by atoms with Gasteiger partial charge in [0, 0.05) is 42.5 Å². The number of carbonyl (C=O) groups excluding carboxylic acids is 1. The number of alkyl halides is 3. The van der Waals surface area contributed by atoms with Crippen LogP contribution in [0.2, 0.25) is 0 Å². The number of nitrogens with one attached hydrogen (secondary N) is 1. The van der Waals surface area contributed by atoms with Gasteiger partial charge in [-0.2, -0.15) is 13.2 Å². The number of para-hydroxylation sites is 1. The van der Waals surface area contributed by atoms with E-state index in [2.05, 4.69) is 43.9 Å². The molecule has 0 unspecified atom stereocenters. The summed E-state index contributed by atoms with van der Waals surface area (Å²) >= 11 is 0. The predicted octanol–water partition coefficient (Wildman–Crippen LogP) is 5.64. The first-order chi connectivity index (χ1) is 19.1. The maximum atomic E-state index is 13.3. The van der Waals surface area contributed by atoms with Crippen molar-refractivity contribution in [1.29, 1.82) is 0 Å². The lowest BCUT2D eigenvalue weighted by Crippen LogP contribution is -2.58. The van der Waals surface area contributed by atoms with Gasteiger partial charge in [-0.1, -0.05) is 38.1 Å². The van der Waals surface area contributed by atoms with Crippen LogP contribution in [0.15, 0.2) is 54.6 Å². The fourth-order valence-electron chi connectivity index (χ4n) is 5.91. The molecule has 0 aliphatic carbocycles. The number of hydrogen-bond acceptors (Lipinski definition) is 5. The SMILES string of the molecule is Cc1nnc(C(C)C)n1N1C[C@H]2CC[C@@H](C1)N2CCCN(C(=O)Nc1cccc(C(F)(F)F)c1)c1ccccc1. The third kappa shape index (κ3) is 5.94. The van der Waals surface area contributed by atoms with Crippen LogP contribution < -0.4 is 15.2 Å². The summed E-state index contributed by atoms with van der Waals surface area (Å²) in [6, 6.07) is 14.3. The molecule has 2 aliphatic rings. The first-order valence-corrected chi connectivity index (χ1v) is 13.9. The lowest BCUT2D eigenvalue weighted by Gasteiger charge is -2.43. The van der Waals surface area contributed by atoms with Gasteiger partial charge in [-0.15, -0.1) is 10.2 Å². The first-order valence-electron chi connectivity index (χ1n) is 13.9. The summed E-state index contributed by atoms with van der Waals surface area (Å²) in [5, 5.41) is 13.8. The van der Waals surface area contributed by atoms with Gasteiger partial charge in [0.1, 0.15) is 5.82 Å². The molecule has 40 heavy (non-hydrogen) atoms. The van der Waals surface area contributed by atoms with E-state index in [1.54, 1.807) is 4.90 Å². The number of urea groups is 1. The van der Waals surface area contributed by atoms with Crippen LogP contribution in [-0.4, -0.2) is 64.1 Å². The van der Waals surface area contributed by atoms with Crippen molar-refractivity contribution in [2.24, 2.45) is 0 Å². The molecule has 2 fully saturated rings. The Morgan fingerprint density at radius 3 is 2.40 bits per heavy atom. The van der Waals surface area contributed by atoms with Crippen molar-refractivity contribution in [2.45, 2.75) is 64.2 Å². The first kappa shape index (κ1) is 27.9. The topological polar surface area (TPSA) is 69.5 Å². The van der Waals surface area contributed by atoms with Crippen molar-refractivity contribution in [3.8, 4) is 0 Å². The van der Waals surface area contributed by atoms with E-state index in [9.17, 15) is 18.0 Å². The van der Waals surface area contributed by atoms with Crippen molar-refractivity contribution < 1.29 is 18.0 Å². The normalized spacial score (nSPS) is 19.3. The molecule has 2 aliphatic heterocycles. The fraction of sp³-hybridized carbons (Fsp3) is 0.483. The molecular weight excluding hydrogens is 519 g/mol. The highest BCUT2D eigenvalue weighted by molar-refractivity contribution is 6.01. The second-order valence-electron chi connectivity index (χ2n) is 10.9. The monoisotopic (exact) mass is 555 g/mol. The number of halogens is 3. The highest BCUT2D eigenvalue weighted by atomic mass is 19.4. The summed E-state index contributed by atoms with van der Waals surface area (Å²) in [6.45, 7) is 9.33. The molecule has 2 saturated heterocycles. The molecule has 11 heteroatoms. The number of benzene rings is 2. The van der Waals surface area contributed by atoms with Gasteiger partial charge in [0.15, 0.2) is 5.82 Å². The van der Waals surface area contributed by atoms with Gasteiger partial charge >= 0.3 is 12.2 Å². The molecular formula is C29H36F3N7O. The lowest BCUT2D eigenvalue weighted by molar-refractivity contribution is -0.137. The number of aromatic nitrogens is 3. The third-order valence-electron chi connectivity index (χ3n) is 7.79. The van der Waals surface area contributed by atoms with E-state index in [0.717, 1.165) is 62.7 Å². The molecule has 1 aromatic heterocycles. The van der Waals surface area contributed by atoms with Crippen molar-refractivity contribution >= 4 is 17.4 Å². The number of amides is 2. The highest BCUT2D eigenvalue weighted by Gasteiger charge is 2.40. The van der Waals surface area contributed by atoms with Crippen LogP contribution in [0.1, 0.15) is 56.2 Å². The van der Waals surface area contributed by atoms with Crippen LogP contribution in [0.25, 0.3) is 0 Å². The molecule has 8 nitrogen and oxygen atoms in total. The quantitative estimate of drug-likeness (QED) is 0.390. The average molecular weight is 556 g/mol. The second-order valence-corrected chi connectivity index (χ2v) is 10.9. The molecule has 2 atom stereocenters. The second kappa shape index (κ2) is 11.5. The van der Waals surface area contributed by atoms with Crippen LogP contribution >= 0.6 is 0 Å². The molecule has 0 spiro atoms. The van der Waals surface area contributed by atoms with Crippen LogP contribution in [0.4, 0.5) is 29.3 Å². The lowest BCUT2D eigenvalue weighted by atomic mass is 10.2. The van der Waals surface area contributed by atoms with Crippen LogP contribution in [0.3, 0.4) is 0 Å². The van der Waals surface area contributed by atoms with E-state index in [1.165, 1.54) is 12.1 Å². The van der Waals surface area contributed by atoms with Crippen LogP contribution in [-0.2, 0) is 6.18 Å². The summed E-state index contributed by atoms with van der Waals surface area (Å²) in [7, 11) is 0. The Labute approximate surface area is 232 Å². The molecule has 0 radical (unpaired) electrons. The molecule has 0 saturated carbocycles. The minimum Gasteiger partial charge on any atom is -0.308 e. The van der Waals surface area contributed by atoms with Gasteiger partial charge in [-0.25, -0.2) is 9.47 Å². The summed E-state index contributed by atoms with van der Waals surface area (Å²) in [4.78, 5) is 17.4. The molecule has 1 N–H and O–H groups in total. The van der Waals surface area contributed by atoms with Gasteiger partial charge < -0.3 is 10.3 Å². The van der Waals surface area contributed by atoms with E-state index in [1.807, 2.05) is 37.3 Å². The largest absolute Gasteiger partial charge is 0.416 e. The smallest absolute Gasteiger partial charge is 0.308 e.